The van der Waals surface area contributed by atoms with Crippen molar-refractivity contribution in [1.29, 1.82) is 0 Å². The number of nitrogens with zero attached hydrogens (tertiary/aromatic N) is 4. The number of likely N-dealkylation sites (N-methyl/N-ethyl adjacent to an activating group) is 1. The zero-order valence-electron chi connectivity index (χ0n) is 13.4. The molecule has 0 bridgehead atoms. The standard InChI is InChI=1S/C16H25ClN4/c1-13(2)12-20(10-9-19(3)4)16-14(11-17)21-8-6-5-7-15(21)18-16/h5-8,13H,9-12H2,1-4H3. The second kappa shape index (κ2) is 7.14. The number of pyridine rings is 1. The summed E-state index contributed by atoms with van der Waals surface area (Å²) in [5.41, 5.74) is 2.04. The van der Waals surface area contributed by atoms with Gasteiger partial charge in [0.05, 0.1) is 11.6 Å². The van der Waals surface area contributed by atoms with Gasteiger partial charge in [0.2, 0.25) is 0 Å². The van der Waals surface area contributed by atoms with Crippen molar-refractivity contribution in [2.45, 2.75) is 19.7 Å². The smallest absolute Gasteiger partial charge is 0.152 e. The van der Waals surface area contributed by atoms with Gasteiger partial charge in [-0.05, 0) is 32.1 Å². The Hall–Kier alpha value is -1.26. The van der Waals surface area contributed by atoms with Crippen LogP contribution >= 0.6 is 11.6 Å². The Kier molecular flexibility index (Phi) is 5.48. The minimum absolute atomic E-state index is 0.469. The Balaban J connectivity index is 2.37. The normalized spacial score (nSPS) is 11.8. The highest BCUT2D eigenvalue weighted by molar-refractivity contribution is 6.17. The summed E-state index contributed by atoms with van der Waals surface area (Å²) in [4.78, 5) is 9.36. The Morgan fingerprint density at radius 3 is 2.62 bits per heavy atom. The summed E-state index contributed by atoms with van der Waals surface area (Å²) in [5.74, 6) is 2.07. The van der Waals surface area contributed by atoms with E-state index in [9.17, 15) is 0 Å². The van der Waals surface area contributed by atoms with E-state index in [4.69, 9.17) is 16.6 Å². The van der Waals surface area contributed by atoms with E-state index < -0.39 is 0 Å². The molecule has 2 rings (SSSR count). The fourth-order valence-electron chi connectivity index (χ4n) is 2.46. The summed E-state index contributed by atoms with van der Waals surface area (Å²) < 4.78 is 2.09. The molecule has 0 aliphatic heterocycles. The van der Waals surface area contributed by atoms with E-state index in [2.05, 4.69) is 42.1 Å². The average Bonchev–Trinajstić information content (AvgIpc) is 2.81. The van der Waals surface area contributed by atoms with E-state index in [1.54, 1.807) is 0 Å². The van der Waals surface area contributed by atoms with Crippen LogP contribution in [0.25, 0.3) is 5.65 Å². The quantitative estimate of drug-likeness (QED) is 0.734. The van der Waals surface area contributed by atoms with Crippen molar-refractivity contribution in [1.82, 2.24) is 14.3 Å². The van der Waals surface area contributed by atoms with Crippen molar-refractivity contribution in [3.8, 4) is 0 Å². The third kappa shape index (κ3) is 3.89. The van der Waals surface area contributed by atoms with Crippen LogP contribution in [0.3, 0.4) is 0 Å². The predicted octanol–water partition coefficient (Wildman–Crippen LogP) is 3.10. The molecule has 2 heterocycles. The molecule has 4 nitrogen and oxygen atoms in total. The highest BCUT2D eigenvalue weighted by Gasteiger charge is 2.18. The third-order valence-corrected chi connectivity index (χ3v) is 3.69. The minimum atomic E-state index is 0.469. The van der Waals surface area contributed by atoms with Gasteiger partial charge < -0.3 is 14.2 Å². The summed E-state index contributed by atoms with van der Waals surface area (Å²) >= 11 is 6.20. The van der Waals surface area contributed by atoms with Gasteiger partial charge in [-0.3, -0.25) is 0 Å². The Bertz CT molecular complexity index is 577. The van der Waals surface area contributed by atoms with Gasteiger partial charge in [-0.15, -0.1) is 11.6 Å². The molecular weight excluding hydrogens is 284 g/mol. The Labute approximate surface area is 132 Å². The molecular formula is C16H25ClN4. The molecule has 2 aromatic heterocycles. The number of imidazole rings is 1. The molecule has 2 aromatic rings. The number of fused-ring (bicyclic) bond motifs is 1. The topological polar surface area (TPSA) is 23.8 Å². The van der Waals surface area contributed by atoms with Crippen LogP contribution in [-0.2, 0) is 5.88 Å². The summed E-state index contributed by atoms with van der Waals surface area (Å²) in [5, 5.41) is 0. The van der Waals surface area contributed by atoms with Crippen LogP contribution in [0.2, 0.25) is 0 Å². The molecule has 0 unspecified atom stereocenters. The van der Waals surface area contributed by atoms with Crippen molar-refractivity contribution in [3.05, 3.63) is 30.1 Å². The summed E-state index contributed by atoms with van der Waals surface area (Å²) in [7, 11) is 4.19. The Morgan fingerprint density at radius 2 is 2.00 bits per heavy atom. The van der Waals surface area contributed by atoms with Crippen molar-refractivity contribution < 1.29 is 0 Å². The highest BCUT2D eigenvalue weighted by Crippen LogP contribution is 2.24. The van der Waals surface area contributed by atoms with Crippen LogP contribution in [0.4, 0.5) is 5.82 Å². The molecule has 0 aliphatic rings. The number of alkyl halides is 1. The Morgan fingerprint density at radius 1 is 1.24 bits per heavy atom. The maximum Gasteiger partial charge on any atom is 0.152 e. The van der Waals surface area contributed by atoms with Gasteiger partial charge in [0, 0.05) is 25.8 Å². The van der Waals surface area contributed by atoms with Crippen LogP contribution in [0, 0.1) is 5.92 Å². The molecule has 0 aliphatic carbocycles. The molecule has 116 valence electrons. The minimum Gasteiger partial charge on any atom is -0.354 e. The number of hydrogen-bond acceptors (Lipinski definition) is 3. The number of halogens is 1. The molecule has 0 fully saturated rings. The SMILES string of the molecule is CC(C)CN(CCN(C)C)c1nc2ccccn2c1CCl. The molecule has 0 spiro atoms. The van der Waals surface area contributed by atoms with E-state index in [0.717, 1.165) is 36.8 Å². The van der Waals surface area contributed by atoms with Crippen LogP contribution in [0.1, 0.15) is 19.5 Å². The van der Waals surface area contributed by atoms with Gasteiger partial charge in [0.15, 0.2) is 5.82 Å². The first-order valence-corrected chi connectivity index (χ1v) is 7.98. The monoisotopic (exact) mass is 308 g/mol. The van der Waals surface area contributed by atoms with Crippen molar-refractivity contribution in [2.75, 3.05) is 38.6 Å². The molecule has 0 aromatic carbocycles. The first-order chi connectivity index (χ1) is 10.0. The van der Waals surface area contributed by atoms with E-state index >= 15 is 0 Å². The fourth-order valence-corrected chi connectivity index (χ4v) is 2.70. The van der Waals surface area contributed by atoms with Crippen LogP contribution in [0.5, 0.6) is 0 Å². The maximum atomic E-state index is 6.20. The number of anilines is 1. The van der Waals surface area contributed by atoms with Gasteiger partial charge >= 0.3 is 0 Å². The van der Waals surface area contributed by atoms with E-state index in [-0.39, 0.29) is 0 Å². The lowest BCUT2D eigenvalue weighted by Gasteiger charge is -2.27. The van der Waals surface area contributed by atoms with Gasteiger partial charge in [-0.2, -0.15) is 0 Å². The summed E-state index contributed by atoms with van der Waals surface area (Å²) in [6.07, 6.45) is 2.03. The van der Waals surface area contributed by atoms with Crippen LogP contribution in [0.15, 0.2) is 24.4 Å². The molecule has 0 saturated heterocycles. The van der Waals surface area contributed by atoms with Crippen LogP contribution in [-0.4, -0.2) is 48.0 Å². The summed E-state index contributed by atoms with van der Waals surface area (Å²) in [6, 6.07) is 6.05. The first kappa shape index (κ1) is 16.1. The third-order valence-electron chi connectivity index (χ3n) is 3.44. The van der Waals surface area contributed by atoms with E-state index in [1.165, 1.54) is 0 Å². The van der Waals surface area contributed by atoms with Gasteiger partial charge in [-0.25, -0.2) is 4.98 Å². The zero-order chi connectivity index (χ0) is 15.4. The largest absolute Gasteiger partial charge is 0.354 e. The highest BCUT2D eigenvalue weighted by atomic mass is 35.5. The summed E-state index contributed by atoms with van der Waals surface area (Å²) in [6.45, 7) is 7.42. The number of aromatic nitrogens is 2. The molecule has 0 N–H and O–H groups in total. The molecule has 21 heavy (non-hydrogen) atoms. The van der Waals surface area contributed by atoms with E-state index in [1.807, 2.05) is 24.4 Å². The average molecular weight is 309 g/mol. The second-order valence-electron chi connectivity index (χ2n) is 6.09. The lowest BCUT2D eigenvalue weighted by atomic mass is 10.2. The second-order valence-corrected chi connectivity index (χ2v) is 6.35. The predicted molar refractivity (Wildman–Crippen MR) is 90.4 cm³/mol. The lowest BCUT2D eigenvalue weighted by molar-refractivity contribution is 0.408. The number of rotatable bonds is 7. The maximum absolute atomic E-state index is 6.20. The zero-order valence-corrected chi connectivity index (χ0v) is 14.1. The first-order valence-electron chi connectivity index (χ1n) is 7.44. The van der Waals surface area contributed by atoms with Crippen molar-refractivity contribution in [3.63, 3.8) is 0 Å². The van der Waals surface area contributed by atoms with E-state index in [0.29, 0.717) is 11.8 Å². The molecule has 0 amide bonds. The lowest BCUT2D eigenvalue weighted by Crippen LogP contribution is -2.35. The van der Waals surface area contributed by atoms with Crippen LogP contribution < -0.4 is 4.90 Å². The van der Waals surface area contributed by atoms with Crippen molar-refractivity contribution >= 4 is 23.1 Å². The molecule has 0 saturated carbocycles. The molecule has 0 radical (unpaired) electrons. The van der Waals surface area contributed by atoms with Gasteiger partial charge in [0.25, 0.3) is 0 Å². The molecule has 5 heteroatoms. The van der Waals surface area contributed by atoms with Crippen molar-refractivity contribution in [2.24, 2.45) is 5.92 Å². The van der Waals surface area contributed by atoms with Gasteiger partial charge in [0.1, 0.15) is 5.65 Å². The molecule has 0 atom stereocenters. The fraction of sp³-hybridized carbons (Fsp3) is 0.562. The number of hydrogen-bond donors (Lipinski definition) is 0. The van der Waals surface area contributed by atoms with Gasteiger partial charge in [-0.1, -0.05) is 19.9 Å².